The Hall–Kier alpha value is -2.53. The van der Waals surface area contributed by atoms with E-state index in [0.29, 0.717) is 22.4 Å². The highest BCUT2D eigenvalue weighted by Crippen LogP contribution is 2.16. The molecule has 0 bridgehead atoms. The Morgan fingerprint density at radius 1 is 1.16 bits per heavy atom. The van der Waals surface area contributed by atoms with E-state index in [4.69, 9.17) is 4.98 Å². The van der Waals surface area contributed by atoms with E-state index in [1.165, 1.54) is 12.1 Å². The summed E-state index contributed by atoms with van der Waals surface area (Å²) in [7, 11) is 0. The maximum atomic E-state index is 13.3. The summed E-state index contributed by atoms with van der Waals surface area (Å²) in [6, 6.07) is 13.3. The second kappa shape index (κ2) is 7.57. The topological polar surface area (TPSA) is 51.5 Å². The molecule has 0 fully saturated rings. The fourth-order valence-electron chi connectivity index (χ4n) is 2.97. The van der Waals surface area contributed by atoms with Gasteiger partial charge < -0.3 is 5.32 Å². The molecular weight excluding hydrogens is 317 g/mol. The number of quaternary nitrogens is 1. The van der Waals surface area contributed by atoms with Crippen LogP contribution in [0.4, 0.5) is 4.39 Å². The molecule has 1 atom stereocenters. The number of hydrogen-bond acceptors (Lipinski definition) is 2. The fourth-order valence-corrected chi connectivity index (χ4v) is 2.97. The molecule has 0 saturated heterocycles. The Labute approximate surface area is 146 Å². The van der Waals surface area contributed by atoms with Gasteiger partial charge in [0.25, 0.3) is 5.56 Å². The molecule has 1 heterocycles. The number of hydrogen-bond donors (Lipinski definition) is 1. The summed E-state index contributed by atoms with van der Waals surface area (Å²) in [6.45, 7) is 5.18. The molecule has 0 aliphatic heterocycles. The minimum atomic E-state index is -0.324. The molecule has 130 valence electrons. The molecule has 2 aromatic carbocycles. The van der Waals surface area contributed by atoms with Gasteiger partial charge in [0.15, 0.2) is 5.82 Å². The largest absolute Gasteiger partial charge is 0.338 e. The van der Waals surface area contributed by atoms with Crippen molar-refractivity contribution in [1.82, 2.24) is 9.55 Å². The molecule has 2 N–H and O–H groups in total. The number of benzene rings is 2. The maximum Gasteiger partial charge on any atom is 0.266 e. The van der Waals surface area contributed by atoms with Crippen LogP contribution in [0.3, 0.4) is 0 Å². The van der Waals surface area contributed by atoms with Crippen LogP contribution in [0.2, 0.25) is 0 Å². The lowest BCUT2D eigenvalue weighted by Crippen LogP contribution is -2.85. The fraction of sp³-hybridized carbons (Fsp3) is 0.300. The molecule has 0 spiro atoms. The van der Waals surface area contributed by atoms with E-state index in [2.05, 4.69) is 12.2 Å². The molecule has 0 aliphatic rings. The van der Waals surface area contributed by atoms with E-state index in [1.807, 2.05) is 25.1 Å². The van der Waals surface area contributed by atoms with Crippen LogP contribution in [0.25, 0.3) is 16.6 Å². The van der Waals surface area contributed by atoms with E-state index >= 15 is 0 Å². The molecule has 1 aromatic heterocycles. The zero-order chi connectivity index (χ0) is 17.8. The number of rotatable bonds is 6. The Kier molecular flexibility index (Phi) is 5.24. The van der Waals surface area contributed by atoms with Crippen molar-refractivity contribution in [1.29, 1.82) is 0 Å². The zero-order valence-electron chi connectivity index (χ0n) is 14.6. The van der Waals surface area contributed by atoms with Crippen LogP contribution in [0.5, 0.6) is 0 Å². The summed E-state index contributed by atoms with van der Waals surface area (Å²) in [4.78, 5) is 17.8. The molecule has 0 saturated carbocycles. The summed E-state index contributed by atoms with van der Waals surface area (Å²) < 4.78 is 14.9. The lowest BCUT2D eigenvalue weighted by Gasteiger charge is -2.17. The lowest BCUT2D eigenvalue weighted by molar-refractivity contribution is -0.694. The number of para-hydroxylation sites is 1. The predicted octanol–water partition coefficient (Wildman–Crippen LogP) is 2.95. The first-order valence-corrected chi connectivity index (χ1v) is 8.72. The van der Waals surface area contributed by atoms with Gasteiger partial charge in [0.1, 0.15) is 11.9 Å². The highest BCUT2D eigenvalue weighted by Gasteiger charge is 2.19. The first-order chi connectivity index (χ1) is 12.1. The maximum absolute atomic E-state index is 13.3. The number of nitrogens with zero attached hydrogens (tertiary/aromatic N) is 2. The average molecular weight is 340 g/mol. The first kappa shape index (κ1) is 17.3. The molecule has 3 aromatic rings. The smallest absolute Gasteiger partial charge is 0.266 e. The SMILES string of the molecule is CCCC[NH2+][C@@H](C)c1nc2ccccc2c(=O)n1-c1ccc(F)cc1. The zero-order valence-corrected chi connectivity index (χ0v) is 14.6. The normalized spacial score (nSPS) is 12.4. The van der Waals surface area contributed by atoms with Crippen molar-refractivity contribution < 1.29 is 9.71 Å². The van der Waals surface area contributed by atoms with E-state index in [-0.39, 0.29) is 17.4 Å². The monoisotopic (exact) mass is 340 g/mol. The molecule has 0 unspecified atom stereocenters. The second-order valence-electron chi connectivity index (χ2n) is 6.27. The summed E-state index contributed by atoms with van der Waals surface area (Å²) in [5.74, 6) is 0.362. The third-order valence-corrected chi connectivity index (χ3v) is 4.37. The van der Waals surface area contributed by atoms with Gasteiger partial charge in [-0.1, -0.05) is 25.5 Å². The third-order valence-electron chi connectivity index (χ3n) is 4.37. The van der Waals surface area contributed by atoms with Crippen molar-refractivity contribution in [2.45, 2.75) is 32.7 Å². The number of unbranched alkanes of at least 4 members (excludes halogenated alkanes) is 1. The summed E-state index contributed by atoms with van der Waals surface area (Å²) in [5, 5.41) is 2.76. The Morgan fingerprint density at radius 2 is 1.88 bits per heavy atom. The van der Waals surface area contributed by atoms with Gasteiger partial charge in [-0.15, -0.1) is 0 Å². The van der Waals surface area contributed by atoms with Crippen LogP contribution in [-0.2, 0) is 0 Å². The number of nitrogens with two attached hydrogens (primary N) is 1. The standard InChI is InChI=1S/C20H22FN3O/c1-3-4-13-22-14(2)19-23-18-8-6-5-7-17(18)20(25)24(19)16-11-9-15(21)10-12-16/h5-12,14,22H,3-4,13H2,1-2H3/p+1/t14-/m0/s1. The molecule has 5 heteroatoms. The van der Waals surface area contributed by atoms with Crippen molar-refractivity contribution in [3.63, 3.8) is 0 Å². The van der Waals surface area contributed by atoms with Gasteiger partial charge in [-0.3, -0.25) is 9.36 Å². The summed E-state index contributed by atoms with van der Waals surface area (Å²) >= 11 is 0. The van der Waals surface area contributed by atoms with Crippen LogP contribution in [0.15, 0.2) is 53.3 Å². The number of aromatic nitrogens is 2. The van der Waals surface area contributed by atoms with Crippen LogP contribution < -0.4 is 10.9 Å². The van der Waals surface area contributed by atoms with Crippen molar-refractivity contribution in [3.05, 3.63) is 70.5 Å². The van der Waals surface area contributed by atoms with Crippen LogP contribution in [0.1, 0.15) is 38.6 Å². The molecule has 0 amide bonds. The van der Waals surface area contributed by atoms with Crippen molar-refractivity contribution in [3.8, 4) is 5.69 Å². The Morgan fingerprint density at radius 3 is 2.60 bits per heavy atom. The van der Waals surface area contributed by atoms with E-state index < -0.39 is 0 Å². The molecule has 25 heavy (non-hydrogen) atoms. The van der Waals surface area contributed by atoms with Gasteiger partial charge in [-0.2, -0.15) is 0 Å². The highest BCUT2D eigenvalue weighted by molar-refractivity contribution is 5.77. The van der Waals surface area contributed by atoms with Crippen molar-refractivity contribution in [2.75, 3.05) is 6.54 Å². The quantitative estimate of drug-likeness (QED) is 0.702. The van der Waals surface area contributed by atoms with E-state index in [1.54, 1.807) is 22.8 Å². The van der Waals surface area contributed by atoms with Gasteiger partial charge in [-0.25, -0.2) is 9.37 Å². The van der Waals surface area contributed by atoms with Gasteiger partial charge in [-0.05, 0) is 49.7 Å². The minimum absolute atomic E-state index is 0.0221. The highest BCUT2D eigenvalue weighted by atomic mass is 19.1. The number of halogens is 1. The summed E-state index contributed by atoms with van der Waals surface area (Å²) in [5.41, 5.74) is 1.20. The van der Waals surface area contributed by atoms with Crippen molar-refractivity contribution >= 4 is 10.9 Å². The first-order valence-electron chi connectivity index (χ1n) is 8.72. The molecule has 0 aliphatic carbocycles. The molecular formula is C20H23FN3O+. The van der Waals surface area contributed by atoms with Crippen LogP contribution in [-0.4, -0.2) is 16.1 Å². The van der Waals surface area contributed by atoms with Gasteiger partial charge in [0.05, 0.1) is 23.1 Å². The second-order valence-corrected chi connectivity index (χ2v) is 6.27. The van der Waals surface area contributed by atoms with E-state index in [0.717, 1.165) is 19.4 Å². The van der Waals surface area contributed by atoms with Gasteiger partial charge in [0, 0.05) is 0 Å². The summed E-state index contributed by atoms with van der Waals surface area (Å²) in [6.07, 6.45) is 2.23. The third kappa shape index (κ3) is 3.61. The Bertz CT molecular complexity index is 918. The predicted molar refractivity (Wildman–Crippen MR) is 97.4 cm³/mol. The molecule has 4 nitrogen and oxygen atoms in total. The van der Waals surface area contributed by atoms with Gasteiger partial charge in [0.2, 0.25) is 0 Å². The lowest BCUT2D eigenvalue weighted by atomic mass is 10.2. The number of fused-ring (bicyclic) bond motifs is 1. The van der Waals surface area contributed by atoms with Gasteiger partial charge >= 0.3 is 0 Å². The Balaban J connectivity index is 2.17. The van der Waals surface area contributed by atoms with Crippen LogP contribution >= 0.6 is 0 Å². The molecule has 0 radical (unpaired) electrons. The van der Waals surface area contributed by atoms with E-state index in [9.17, 15) is 9.18 Å². The minimum Gasteiger partial charge on any atom is -0.338 e. The van der Waals surface area contributed by atoms with Crippen molar-refractivity contribution in [2.24, 2.45) is 0 Å². The van der Waals surface area contributed by atoms with Crippen LogP contribution in [0, 0.1) is 5.82 Å². The molecule has 3 rings (SSSR count). The average Bonchev–Trinajstić information content (AvgIpc) is 2.63.